The summed E-state index contributed by atoms with van der Waals surface area (Å²) in [6.07, 6.45) is 1.03. The number of nitrogens with zero attached hydrogens (tertiary/aromatic N) is 2. The number of furan rings is 1. The number of rotatable bonds is 5. The van der Waals surface area contributed by atoms with E-state index in [9.17, 15) is 4.79 Å². The molecule has 1 aromatic carbocycles. The molecule has 2 N–H and O–H groups in total. The molecule has 0 radical (unpaired) electrons. The van der Waals surface area contributed by atoms with Gasteiger partial charge in [0.05, 0.1) is 13.7 Å². The Bertz CT molecular complexity index is 848. The van der Waals surface area contributed by atoms with Gasteiger partial charge in [0, 0.05) is 36.3 Å². The van der Waals surface area contributed by atoms with Crippen molar-refractivity contribution in [3.63, 3.8) is 0 Å². The number of hydrogen-bond donors (Lipinski definition) is 2. The van der Waals surface area contributed by atoms with Gasteiger partial charge in [0.1, 0.15) is 17.1 Å². The van der Waals surface area contributed by atoms with Gasteiger partial charge in [0.2, 0.25) is 0 Å². The summed E-state index contributed by atoms with van der Waals surface area (Å²) in [5.41, 5.74) is 1.67. The summed E-state index contributed by atoms with van der Waals surface area (Å²) in [6.45, 7) is 4.09. The van der Waals surface area contributed by atoms with Gasteiger partial charge in [0.15, 0.2) is 5.96 Å². The summed E-state index contributed by atoms with van der Waals surface area (Å²) in [4.78, 5) is 18.3. The van der Waals surface area contributed by atoms with E-state index in [1.54, 1.807) is 20.0 Å². The molecule has 1 atom stereocenters. The van der Waals surface area contributed by atoms with Crippen LogP contribution in [0.1, 0.15) is 28.3 Å². The van der Waals surface area contributed by atoms with E-state index in [2.05, 4.69) is 60.7 Å². The summed E-state index contributed by atoms with van der Waals surface area (Å²) >= 11 is 3.47. The largest absolute Gasteiger partial charge is 0.465 e. The molecule has 2 heterocycles. The lowest BCUT2D eigenvalue weighted by Crippen LogP contribution is -2.44. The minimum absolute atomic E-state index is 0.304. The lowest BCUT2D eigenvalue weighted by atomic mass is 10.2. The van der Waals surface area contributed by atoms with Crippen molar-refractivity contribution in [3.05, 3.63) is 51.9 Å². The third-order valence-corrected chi connectivity index (χ3v) is 5.28. The highest BCUT2D eigenvalue weighted by Crippen LogP contribution is 2.22. The minimum atomic E-state index is -0.394. The Hall–Kier alpha value is -2.48. The van der Waals surface area contributed by atoms with Gasteiger partial charge in [-0.3, -0.25) is 4.99 Å². The Morgan fingerprint density at radius 3 is 2.82 bits per heavy atom. The fraction of sp³-hybridized carbons (Fsp3) is 0.400. The number of ether oxygens (including phenoxy) is 1. The highest BCUT2D eigenvalue weighted by Gasteiger charge is 2.23. The van der Waals surface area contributed by atoms with E-state index in [-0.39, 0.29) is 0 Å². The molecule has 1 fully saturated rings. The number of nitrogens with one attached hydrogen (secondary N) is 2. The van der Waals surface area contributed by atoms with Crippen molar-refractivity contribution in [3.8, 4) is 0 Å². The normalized spacial score (nSPS) is 16.9. The molecule has 1 aromatic heterocycles. The molecule has 1 aliphatic rings. The summed E-state index contributed by atoms with van der Waals surface area (Å²) in [6, 6.07) is 10.4. The van der Waals surface area contributed by atoms with Crippen LogP contribution in [0.5, 0.6) is 0 Å². The van der Waals surface area contributed by atoms with Crippen LogP contribution in [0.2, 0.25) is 0 Å². The fourth-order valence-electron chi connectivity index (χ4n) is 3.27. The number of hydrogen-bond acceptors (Lipinski definition) is 5. The van der Waals surface area contributed by atoms with Gasteiger partial charge in [-0.25, -0.2) is 4.79 Å². The molecule has 1 aliphatic heterocycles. The number of benzene rings is 1. The average molecular weight is 449 g/mol. The molecular weight excluding hydrogens is 424 g/mol. The van der Waals surface area contributed by atoms with Gasteiger partial charge in [0.25, 0.3) is 0 Å². The third-order valence-electron chi connectivity index (χ3n) is 4.75. The van der Waals surface area contributed by atoms with E-state index in [0.29, 0.717) is 35.6 Å². The summed E-state index contributed by atoms with van der Waals surface area (Å²) in [7, 11) is 3.10. The second-order valence-corrected chi connectivity index (χ2v) is 7.57. The van der Waals surface area contributed by atoms with Crippen molar-refractivity contribution in [2.45, 2.75) is 25.9 Å². The van der Waals surface area contributed by atoms with Crippen LogP contribution in [0.25, 0.3) is 0 Å². The Morgan fingerprint density at radius 2 is 2.14 bits per heavy atom. The molecule has 0 spiro atoms. The molecule has 8 heteroatoms. The smallest absolute Gasteiger partial charge is 0.341 e. The van der Waals surface area contributed by atoms with Crippen molar-refractivity contribution in [2.24, 2.45) is 4.99 Å². The number of halogens is 1. The van der Waals surface area contributed by atoms with Crippen molar-refractivity contribution in [2.75, 3.05) is 32.1 Å². The number of anilines is 1. The Morgan fingerprint density at radius 1 is 1.39 bits per heavy atom. The van der Waals surface area contributed by atoms with Gasteiger partial charge < -0.3 is 24.7 Å². The standard InChI is InChI=1S/C20H25BrN4O3/c1-13-18(19(26)27-3)10-17(28-13)11-23-20(22-2)24-15-8-9-25(12-15)16-6-4-14(21)5-7-16/h4-7,10,15H,8-9,11-12H2,1-3H3,(H2,22,23,24). The Kier molecular flexibility index (Phi) is 6.61. The maximum absolute atomic E-state index is 11.7. The molecule has 2 aromatic rings. The second-order valence-electron chi connectivity index (χ2n) is 6.65. The van der Waals surface area contributed by atoms with E-state index < -0.39 is 5.97 Å². The van der Waals surface area contributed by atoms with Gasteiger partial charge >= 0.3 is 5.97 Å². The molecule has 0 amide bonds. The van der Waals surface area contributed by atoms with Crippen molar-refractivity contribution in [1.82, 2.24) is 10.6 Å². The number of carbonyl (C=O) groups excluding carboxylic acids is 1. The van der Waals surface area contributed by atoms with Gasteiger partial charge in [-0.2, -0.15) is 0 Å². The van der Waals surface area contributed by atoms with Crippen molar-refractivity contribution in [1.29, 1.82) is 0 Å². The van der Waals surface area contributed by atoms with Crippen LogP contribution in [-0.4, -0.2) is 45.2 Å². The van der Waals surface area contributed by atoms with Crippen LogP contribution in [0.4, 0.5) is 5.69 Å². The van der Waals surface area contributed by atoms with Crippen LogP contribution in [0, 0.1) is 6.92 Å². The second kappa shape index (κ2) is 9.14. The van der Waals surface area contributed by atoms with Gasteiger partial charge in [-0.15, -0.1) is 0 Å². The molecule has 3 rings (SSSR count). The molecule has 150 valence electrons. The predicted molar refractivity (Wildman–Crippen MR) is 113 cm³/mol. The van der Waals surface area contributed by atoms with E-state index in [4.69, 9.17) is 9.15 Å². The maximum atomic E-state index is 11.7. The molecule has 28 heavy (non-hydrogen) atoms. The van der Waals surface area contributed by atoms with Crippen molar-refractivity contribution < 1.29 is 13.9 Å². The fourth-order valence-corrected chi connectivity index (χ4v) is 3.53. The molecule has 0 aliphatic carbocycles. The summed E-state index contributed by atoms with van der Waals surface area (Å²) in [5, 5.41) is 6.70. The lowest BCUT2D eigenvalue weighted by Gasteiger charge is -2.20. The van der Waals surface area contributed by atoms with E-state index in [1.165, 1.54) is 12.8 Å². The molecule has 0 bridgehead atoms. The highest BCUT2D eigenvalue weighted by atomic mass is 79.9. The van der Waals surface area contributed by atoms with Gasteiger partial charge in [-0.05, 0) is 43.7 Å². The zero-order chi connectivity index (χ0) is 20.1. The van der Waals surface area contributed by atoms with Crippen LogP contribution < -0.4 is 15.5 Å². The van der Waals surface area contributed by atoms with Crippen LogP contribution >= 0.6 is 15.9 Å². The first-order valence-corrected chi connectivity index (χ1v) is 9.94. The SMILES string of the molecule is CN=C(NCc1cc(C(=O)OC)c(C)o1)NC1CCN(c2ccc(Br)cc2)C1. The van der Waals surface area contributed by atoms with Crippen molar-refractivity contribution >= 4 is 33.5 Å². The number of guanidine groups is 1. The van der Waals surface area contributed by atoms with E-state index in [1.807, 2.05) is 0 Å². The zero-order valence-electron chi connectivity index (χ0n) is 16.3. The molecule has 1 unspecified atom stereocenters. The molecular formula is C20H25BrN4O3. The number of aliphatic imine (C=N–C) groups is 1. The molecule has 7 nitrogen and oxygen atoms in total. The average Bonchev–Trinajstić information content (AvgIpc) is 3.31. The van der Waals surface area contributed by atoms with Crippen LogP contribution in [-0.2, 0) is 11.3 Å². The number of aryl methyl sites for hydroxylation is 1. The summed E-state index contributed by atoms with van der Waals surface area (Å²) < 4.78 is 11.5. The first-order chi connectivity index (χ1) is 13.5. The quantitative estimate of drug-likeness (QED) is 0.415. The van der Waals surface area contributed by atoms with E-state index >= 15 is 0 Å². The zero-order valence-corrected chi connectivity index (χ0v) is 17.9. The maximum Gasteiger partial charge on any atom is 0.341 e. The third kappa shape index (κ3) is 4.86. The Labute approximate surface area is 173 Å². The monoisotopic (exact) mass is 448 g/mol. The van der Waals surface area contributed by atoms with Crippen LogP contribution in [0.3, 0.4) is 0 Å². The van der Waals surface area contributed by atoms with Crippen LogP contribution in [0.15, 0.2) is 44.2 Å². The summed E-state index contributed by atoms with van der Waals surface area (Å²) in [5.74, 6) is 1.52. The number of esters is 1. The minimum Gasteiger partial charge on any atom is -0.465 e. The topological polar surface area (TPSA) is 79.1 Å². The molecule has 0 saturated carbocycles. The highest BCUT2D eigenvalue weighted by molar-refractivity contribution is 9.10. The number of methoxy groups -OCH3 is 1. The van der Waals surface area contributed by atoms with Gasteiger partial charge in [-0.1, -0.05) is 15.9 Å². The lowest BCUT2D eigenvalue weighted by molar-refractivity contribution is 0.0599. The number of carbonyl (C=O) groups is 1. The first kappa shape index (κ1) is 20.3. The van der Waals surface area contributed by atoms with E-state index in [0.717, 1.165) is 24.0 Å². The molecule has 1 saturated heterocycles. The Balaban J connectivity index is 1.53. The first-order valence-electron chi connectivity index (χ1n) is 9.15. The predicted octanol–water partition coefficient (Wildman–Crippen LogP) is 3.08.